The molecular weight excluding hydrogens is 883 g/mol. The molecule has 0 radical (unpaired) electrons. The van der Waals surface area contributed by atoms with Crippen LogP contribution in [0.25, 0.3) is 291 Å². The quantitative estimate of drug-likeness (QED) is 0.123. The highest BCUT2D eigenvalue weighted by Gasteiger charge is 2.63. The summed E-state index contributed by atoms with van der Waals surface area (Å²) in [5.74, 6) is -0.618. The molecule has 72 heavy (non-hydrogen) atoms. The number of benzene rings is 18. The smallest absolute Gasteiger partial charge is 0.319 e. The van der Waals surface area contributed by atoms with E-state index < -0.39 is 5.41 Å². The minimum atomic E-state index is -0.590. The predicted octanol–water partition coefficient (Wildman–Crippen LogP) is 15.8. The lowest BCUT2D eigenvalue weighted by Crippen LogP contribution is -2.49. The van der Waals surface area contributed by atoms with Gasteiger partial charge in [-0.2, -0.15) is 0 Å². The molecule has 0 saturated carbocycles. The summed E-state index contributed by atoms with van der Waals surface area (Å²) in [4.78, 5) is 30.0. The van der Waals surface area contributed by atoms with Crippen molar-refractivity contribution in [1.29, 1.82) is 0 Å². The van der Waals surface area contributed by atoms with E-state index in [0.29, 0.717) is 6.54 Å². The van der Waals surface area contributed by atoms with Crippen molar-refractivity contribution in [2.75, 3.05) is 33.9 Å². The van der Waals surface area contributed by atoms with Crippen LogP contribution in [-0.2, 0) is 24.5 Å². The molecule has 0 heterocycles. The van der Waals surface area contributed by atoms with Gasteiger partial charge in [-0.3, -0.25) is 14.5 Å². The first-order chi connectivity index (χ1) is 35.6. The van der Waals surface area contributed by atoms with E-state index in [4.69, 9.17) is 9.47 Å². The third-order valence-corrected chi connectivity index (χ3v) is 24.9. The Morgan fingerprint density at radius 1 is 0.292 bits per heavy atom. The molecule has 0 spiro atoms. The summed E-state index contributed by atoms with van der Waals surface area (Å²) in [6, 6.07) is 0. The topological polar surface area (TPSA) is 55.8 Å². The molecule has 28 aromatic rings. The number of hydrogen-bond acceptors (Lipinski definition) is 5. The number of hydrogen-bond donors (Lipinski definition) is 0. The van der Waals surface area contributed by atoms with E-state index in [1.807, 2.05) is 0 Å². The standard InChI is InChI=1S/C67H13NO4/c1-71-6(69)3-68(4-7(70)72-2)5-67-64-60-54-40-32-24-12-9-8-10-13(12)25-27-23-17(10)19-15-11(8)14-18-16(9)22-26(24)38(40)46-44-30(22)28(18)36-34-20(14)21(15)35-37-29(19)31(23)45-47-39(27)41(33(25)32)55(54)61(64)57(47)59-51(45)49(37)53-43(35)42(34)52-48(36)50(44)58(56(46)60)65(67)62(52)63(53)66(59)67/h64H,3-5H2,1-2H3. The fourth-order valence-corrected chi connectivity index (χ4v) is 24.6. The largest absolute Gasteiger partial charge is 0.468 e. The summed E-state index contributed by atoms with van der Waals surface area (Å²) < 4.78 is 11.1. The van der Waals surface area contributed by atoms with E-state index in [1.165, 1.54) is 68.4 Å². The van der Waals surface area contributed by atoms with Gasteiger partial charge in [0.1, 0.15) is 0 Å². The van der Waals surface area contributed by atoms with Crippen LogP contribution < -0.4 is 0 Å². The van der Waals surface area contributed by atoms with Crippen LogP contribution >= 0.6 is 0 Å². The van der Waals surface area contributed by atoms with Crippen LogP contribution in [0.2, 0.25) is 0 Å². The minimum absolute atomic E-state index is 0.0147. The lowest BCUT2D eigenvalue weighted by molar-refractivity contribution is -0.145. The van der Waals surface area contributed by atoms with Crippen LogP contribution in [0.1, 0.15) is 28.2 Å². The number of carbonyl (C=O) groups excluding carboxylic acids is 2. The number of esters is 2. The zero-order valence-electron chi connectivity index (χ0n) is 37.3. The van der Waals surface area contributed by atoms with Gasteiger partial charge in [0.25, 0.3) is 0 Å². The number of carbonyl (C=O) groups is 2. The molecule has 0 bridgehead atoms. The van der Waals surface area contributed by atoms with Gasteiger partial charge in [-0.1, -0.05) is 0 Å². The van der Waals surface area contributed by atoms with E-state index in [0.717, 1.165) is 0 Å². The Labute approximate surface area is 392 Å². The summed E-state index contributed by atoms with van der Waals surface area (Å²) >= 11 is 0. The van der Waals surface area contributed by atoms with Crippen LogP contribution in [0.3, 0.4) is 0 Å². The van der Waals surface area contributed by atoms with Gasteiger partial charge in [-0.25, -0.2) is 0 Å². The summed E-state index contributed by atoms with van der Waals surface area (Å²) in [5, 5.41) is 84.5. The second-order valence-corrected chi connectivity index (χ2v) is 25.5. The van der Waals surface area contributed by atoms with Gasteiger partial charge < -0.3 is 9.47 Å². The molecule has 4 aliphatic carbocycles. The summed E-state index contributed by atoms with van der Waals surface area (Å²) in [5.41, 5.74) is 5.58. The molecule has 0 aromatic heterocycles. The van der Waals surface area contributed by atoms with E-state index in [2.05, 4.69) is 4.90 Å². The first kappa shape index (κ1) is 28.3. The lowest BCUT2D eigenvalue weighted by atomic mass is 9.57. The van der Waals surface area contributed by atoms with Crippen molar-refractivity contribution in [3.63, 3.8) is 0 Å². The van der Waals surface area contributed by atoms with Crippen molar-refractivity contribution >= 4 is 303 Å². The van der Waals surface area contributed by atoms with Gasteiger partial charge >= 0.3 is 11.9 Å². The van der Waals surface area contributed by atoms with E-state index in [1.54, 1.807) is 259 Å². The van der Waals surface area contributed by atoms with Gasteiger partial charge in [0.15, 0.2) is 0 Å². The summed E-state index contributed by atoms with van der Waals surface area (Å²) in [6.07, 6.45) is 0. The number of ether oxygens (including phenoxy) is 2. The van der Waals surface area contributed by atoms with Crippen molar-refractivity contribution in [3.8, 4) is 0 Å². The first-order valence-electron chi connectivity index (χ1n) is 26.3. The molecule has 28 aromatic carbocycles. The van der Waals surface area contributed by atoms with E-state index in [-0.39, 0.29) is 30.9 Å². The molecule has 0 aliphatic heterocycles. The molecule has 0 atom stereocenters. The molecule has 5 nitrogen and oxygen atoms in total. The van der Waals surface area contributed by atoms with Crippen LogP contribution in [0.4, 0.5) is 0 Å². The van der Waals surface area contributed by atoms with Crippen LogP contribution in [0.15, 0.2) is 0 Å². The predicted molar refractivity (Wildman–Crippen MR) is 295 cm³/mol. The van der Waals surface area contributed by atoms with Crippen LogP contribution in [0.5, 0.6) is 0 Å². The lowest BCUT2D eigenvalue weighted by Gasteiger charge is -2.47. The van der Waals surface area contributed by atoms with Crippen molar-refractivity contribution in [2.24, 2.45) is 0 Å². The molecule has 4 aliphatic rings. The summed E-state index contributed by atoms with van der Waals surface area (Å²) in [7, 11) is 2.98. The van der Waals surface area contributed by atoms with E-state index in [9.17, 15) is 9.59 Å². The molecule has 0 unspecified atom stereocenters. The van der Waals surface area contributed by atoms with Gasteiger partial charge in [0, 0.05) is 17.9 Å². The monoisotopic (exact) mass is 895 g/mol. The Bertz CT molecular complexity index is 7020. The zero-order chi connectivity index (χ0) is 43.8. The Balaban J connectivity index is 1.12. The maximum absolute atomic E-state index is 13.9. The highest BCUT2D eigenvalue weighted by Crippen LogP contribution is 2.83. The highest BCUT2D eigenvalue weighted by molar-refractivity contribution is 6.82. The highest BCUT2D eigenvalue weighted by atomic mass is 16.5. The fourth-order valence-electron chi connectivity index (χ4n) is 24.6. The van der Waals surface area contributed by atoms with Crippen LogP contribution in [-0.4, -0.2) is 50.7 Å². The molecule has 32 rings (SSSR count). The maximum Gasteiger partial charge on any atom is 0.319 e. The SMILES string of the molecule is COC(=O)CN(CC(=O)OC)CC12c3c4c5c6c7c8c(c9c%10c1c1c3c3c%11c4c4c5c5c7c7c%12c8c8c9c9c%10c%10c1c1c3c3c%11c%11c4c4c5c7c5c7c%12c8c8c9c9c%10c1c1c3c3c%11c4c5c4c7c8c9c1c34)C62. The van der Waals surface area contributed by atoms with Crippen molar-refractivity contribution < 1.29 is 19.1 Å². The zero-order valence-corrected chi connectivity index (χ0v) is 37.3. The average molecular weight is 896 g/mol. The third-order valence-electron chi connectivity index (χ3n) is 24.9. The molecular formula is C67H13NO4. The van der Waals surface area contributed by atoms with Crippen molar-refractivity contribution in [3.05, 3.63) is 22.3 Å². The van der Waals surface area contributed by atoms with Gasteiger partial charge in [0.2, 0.25) is 0 Å². The normalized spacial score (nSPS) is 20.4. The minimum Gasteiger partial charge on any atom is -0.468 e. The Kier molecular flexibility index (Phi) is 2.60. The van der Waals surface area contributed by atoms with Crippen LogP contribution in [0, 0.1) is 0 Å². The second kappa shape index (κ2) is 6.62. The maximum atomic E-state index is 13.9. The molecule has 5 heteroatoms. The average Bonchev–Trinajstić information content (AvgIpc) is 4.28. The number of rotatable bonds is 6. The van der Waals surface area contributed by atoms with Crippen molar-refractivity contribution in [1.82, 2.24) is 4.90 Å². The molecule has 0 amide bonds. The summed E-state index contributed by atoms with van der Waals surface area (Å²) in [6.45, 7) is 0.565. The molecule has 0 fully saturated rings. The van der Waals surface area contributed by atoms with E-state index >= 15 is 0 Å². The molecule has 0 saturated heterocycles. The van der Waals surface area contributed by atoms with Gasteiger partial charge in [-0.05, 0) is 313 Å². The third kappa shape index (κ3) is 1.60. The molecule has 310 valence electrons. The number of nitrogens with zero attached hydrogens (tertiary/aromatic N) is 1. The Morgan fingerprint density at radius 3 is 0.667 bits per heavy atom. The number of methoxy groups -OCH3 is 2. The second-order valence-electron chi connectivity index (χ2n) is 25.5. The fraction of sp³-hybridized carbons (Fsp3) is 0.104. The first-order valence-corrected chi connectivity index (χ1v) is 26.3. The van der Waals surface area contributed by atoms with Crippen molar-refractivity contribution in [2.45, 2.75) is 11.3 Å². The Morgan fingerprint density at radius 2 is 0.458 bits per heavy atom. The van der Waals surface area contributed by atoms with Gasteiger partial charge in [0.05, 0.1) is 27.3 Å². The molecule has 0 N–H and O–H groups in total. The Hall–Kier alpha value is -8.64. The van der Waals surface area contributed by atoms with Gasteiger partial charge in [-0.15, -0.1) is 0 Å².